The SMILES string of the molecule is COc1cc2c(cc1OC)N(Cc1ccccc1)C(=O)c1cc(C)cc(Br)c1NC2=O. The molecule has 0 atom stereocenters. The highest BCUT2D eigenvalue weighted by Gasteiger charge is 2.31. The van der Waals surface area contributed by atoms with E-state index < -0.39 is 0 Å². The summed E-state index contributed by atoms with van der Waals surface area (Å²) in [5, 5.41) is 2.89. The van der Waals surface area contributed by atoms with Gasteiger partial charge in [-0.05, 0) is 52.2 Å². The predicted molar refractivity (Wildman–Crippen MR) is 123 cm³/mol. The fourth-order valence-corrected chi connectivity index (χ4v) is 4.34. The molecule has 158 valence electrons. The molecule has 0 bridgehead atoms. The molecule has 31 heavy (non-hydrogen) atoms. The van der Waals surface area contributed by atoms with Crippen molar-refractivity contribution < 1.29 is 19.1 Å². The maximum atomic E-state index is 13.8. The number of amides is 2. The second-order valence-electron chi connectivity index (χ2n) is 7.22. The molecule has 0 aliphatic carbocycles. The molecule has 7 heteroatoms. The van der Waals surface area contributed by atoms with Crippen molar-refractivity contribution in [3.63, 3.8) is 0 Å². The zero-order valence-corrected chi connectivity index (χ0v) is 18.9. The highest BCUT2D eigenvalue weighted by Crippen LogP contribution is 2.40. The molecule has 0 saturated carbocycles. The average molecular weight is 481 g/mol. The van der Waals surface area contributed by atoms with E-state index in [9.17, 15) is 9.59 Å². The molecular weight excluding hydrogens is 460 g/mol. The third kappa shape index (κ3) is 3.88. The molecular formula is C24H21BrN2O4. The van der Waals surface area contributed by atoms with E-state index in [4.69, 9.17) is 9.47 Å². The first-order valence-electron chi connectivity index (χ1n) is 9.66. The van der Waals surface area contributed by atoms with E-state index in [2.05, 4.69) is 21.2 Å². The number of nitrogens with one attached hydrogen (secondary N) is 1. The molecule has 1 N–H and O–H groups in total. The topological polar surface area (TPSA) is 67.9 Å². The maximum Gasteiger partial charge on any atom is 0.260 e. The highest BCUT2D eigenvalue weighted by molar-refractivity contribution is 9.10. The minimum atomic E-state index is -0.340. The van der Waals surface area contributed by atoms with Gasteiger partial charge in [0.15, 0.2) is 11.5 Å². The van der Waals surface area contributed by atoms with Gasteiger partial charge in [0.05, 0.1) is 43.3 Å². The van der Waals surface area contributed by atoms with E-state index in [0.29, 0.717) is 45.0 Å². The highest BCUT2D eigenvalue weighted by atomic mass is 79.9. The Morgan fingerprint density at radius 1 is 0.935 bits per heavy atom. The number of nitrogens with zero attached hydrogens (tertiary/aromatic N) is 1. The number of halogens is 1. The molecule has 0 spiro atoms. The van der Waals surface area contributed by atoms with Crippen molar-refractivity contribution >= 4 is 39.1 Å². The van der Waals surface area contributed by atoms with Crippen LogP contribution in [0.2, 0.25) is 0 Å². The Hall–Kier alpha value is -3.32. The molecule has 0 unspecified atom stereocenters. The summed E-state index contributed by atoms with van der Waals surface area (Å²) in [7, 11) is 3.03. The normalized spacial score (nSPS) is 13.0. The number of anilines is 2. The van der Waals surface area contributed by atoms with Crippen LogP contribution in [-0.4, -0.2) is 26.0 Å². The number of methoxy groups -OCH3 is 2. The predicted octanol–water partition coefficient (Wildman–Crippen LogP) is 5.19. The van der Waals surface area contributed by atoms with Crippen LogP contribution in [0.3, 0.4) is 0 Å². The van der Waals surface area contributed by atoms with Crippen LogP contribution in [-0.2, 0) is 6.54 Å². The maximum absolute atomic E-state index is 13.8. The Kier molecular flexibility index (Phi) is 5.69. The van der Waals surface area contributed by atoms with Gasteiger partial charge in [-0.15, -0.1) is 0 Å². The lowest BCUT2D eigenvalue weighted by Crippen LogP contribution is -2.35. The van der Waals surface area contributed by atoms with E-state index >= 15 is 0 Å². The van der Waals surface area contributed by atoms with Gasteiger partial charge in [0.2, 0.25) is 0 Å². The fourth-order valence-electron chi connectivity index (χ4n) is 3.67. The molecule has 1 heterocycles. The first-order valence-corrected chi connectivity index (χ1v) is 10.5. The molecule has 0 radical (unpaired) electrons. The lowest BCUT2D eigenvalue weighted by atomic mass is 10.0. The minimum Gasteiger partial charge on any atom is -0.493 e. The number of carbonyl (C=O) groups is 2. The Balaban J connectivity index is 1.97. The van der Waals surface area contributed by atoms with Crippen LogP contribution in [0.25, 0.3) is 0 Å². The van der Waals surface area contributed by atoms with Crippen molar-refractivity contribution in [3.8, 4) is 11.5 Å². The van der Waals surface area contributed by atoms with Gasteiger partial charge in [-0.1, -0.05) is 30.3 Å². The lowest BCUT2D eigenvalue weighted by molar-refractivity contribution is 0.0983. The second kappa shape index (κ2) is 8.43. The molecule has 6 nitrogen and oxygen atoms in total. The lowest BCUT2D eigenvalue weighted by Gasteiger charge is -2.30. The molecule has 4 rings (SSSR count). The van der Waals surface area contributed by atoms with Crippen LogP contribution in [0.15, 0.2) is 59.1 Å². The number of hydrogen-bond donors (Lipinski definition) is 1. The fraction of sp³-hybridized carbons (Fsp3) is 0.167. The van der Waals surface area contributed by atoms with Crippen LogP contribution in [0.5, 0.6) is 11.5 Å². The number of carbonyl (C=O) groups excluding carboxylic acids is 2. The molecule has 0 fully saturated rings. The van der Waals surface area contributed by atoms with Gasteiger partial charge in [-0.2, -0.15) is 0 Å². The number of aryl methyl sites for hydroxylation is 1. The zero-order chi connectivity index (χ0) is 22.1. The van der Waals surface area contributed by atoms with Crippen molar-refractivity contribution in [2.24, 2.45) is 0 Å². The Labute approximate surface area is 188 Å². The first-order chi connectivity index (χ1) is 14.9. The molecule has 1 aliphatic rings. The van der Waals surface area contributed by atoms with Crippen LogP contribution < -0.4 is 19.7 Å². The van der Waals surface area contributed by atoms with Crippen molar-refractivity contribution in [2.45, 2.75) is 13.5 Å². The van der Waals surface area contributed by atoms with Gasteiger partial charge in [0, 0.05) is 10.5 Å². The number of ether oxygens (including phenoxy) is 2. The largest absolute Gasteiger partial charge is 0.493 e. The van der Waals surface area contributed by atoms with Crippen LogP contribution in [0.4, 0.5) is 11.4 Å². The average Bonchev–Trinajstić information content (AvgIpc) is 2.77. The van der Waals surface area contributed by atoms with Gasteiger partial charge in [0.1, 0.15) is 0 Å². The molecule has 3 aromatic rings. The first kappa shape index (κ1) is 20.9. The monoisotopic (exact) mass is 480 g/mol. The minimum absolute atomic E-state index is 0.225. The quantitative estimate of drug-likeness (QED) is 0.557. The molecule has 0 saturated heterocycles. The number of hydrogen-bond acceptors (Lipinski definition) is 4. The summed E-state index contributed by atoms with van der Waals surface area (Å²) in [4.78, 5) is 28.7. The summed E-state index contributed by atoms with van der Waals surface area (Å²) in [5.74, 6) is 0.280. The van der Waals surface area contributed by atoms with Crippen molar-refractivity contribution in [1.82, 2.24) is 0 Å². The summed E-state index contributed by atoms with van der Waals surface area (Å²) in [6.45, 7) is 2.20. The third-order valence-corrected chi connectivity index (χ3v) is 5.79. The summed E-state index contributed by atoms with van der Waals surface area (Å²) in [5.41, 5.74) is 3.47. The summed E-state index contributed by atoms with van der Waals surface area (Å²) in [6, 6.07) is 16.6. The van der Waals surface area contributed by atoms with Gasteiger partial charge in [-0.25, -0.2) is 0 Å². The summed E-state index contributed by atoms with van der Waals surface area (Å²) in [6.07, 6.45) is 0. The Morgan fingerprint density at radius 3 is 2.29 bits per heavy atom. The second-order valence-corrected chi connectivity index (χ2v) is 8.08. The zero-order valence-electron chi connectivity index (χ0n) is 17.4. The van der Waals surface area contributed by atoms with E-state index in [1.54, 1.807) is 23.1 Å². The molecule has 2 amide bonds. The van der Waals surface area contributed by atoms with Crippen molar-refractivity contribution in [3.05, 3.63) is 81.3 Å². The standard InChI is InChI=1S/C24H21BrN2O4/c1-14-9-17-22(18(25)10-14)26-23(28)16-11-20(30-2)21(31-3)12-19(16)27(24(17)29)13-15-7-5-4-6-8-15/h4-12H,13H2,1-3H3,(H,26,28). The molecule has 0 aromatic heterocycles. The molecule has 3 aromatic carbocycles. The van der Waals surface area contributed by atoms with Gasteiger partial charge in [0.25, 0.3) is 11.8 Å². The van der Waals surface area contributed by atoms with Crippen molar-refractivity contribution in [1.29, 1.82) is 0 Å². The third-order valence-electron chi connectivity index (χ3n) is 5.17. The van der Waals surface area contributed by atoms with Crippen LogP contribution in [0.1, 0.15) is 31.8 Å². The number of fused-ring (bicyclic) bond motifs is 2. The number of rotatable bonds is 4. The van der Waals surface area contributed by atoms with E-state index in [1.807, 2.05) is 43.3 Å². The Bertz CT molecular complexity index is 1180. The Morgan fingerprint density at radius 2 is 1.61 bits per heavy atom. The van der Waals surface area contributed by atoms with E-state index in [-0.39, 0.29) is 11.8 Å². The summed E-state index contributed by atoms with van der Waals surface area (Å²) < 4.78 is 11.5. The van der Waals surface area contributed by atoms with Crippen molar-refractivity contribution in [2.75, 3.05) is 24.4 Å². The summed E-state index contributed by atoms with van der Waals surface area (Å²) >= 11 is 3.50. The molecule has 1 aliphatic heterocycles. The smallest absolute Gasteiger partial charge is 0.260 e. The van der Waals surface area contributed by atoms with E-state index in [0.717, 1.165) is 11.1 Å². The van der Waals surface area contributed by atoms with Gasteiger partial charge >= 0.3 is 0 Å². The van der Waals surface area contributed by atoms with Crippen LogP contribution >= 0.6 is 15.9 Å². The van der Waals surface area contributed by atoms with E-state index in [1.165, 1.54) is 14.2 Å². The number of benzene rings is 3. The van der Waals surface area contributed by atoms with Gasteiger partial charge in [-0.3, -0.25) is 9.59 Å². The van der Waals surface area contributed by atoms with Crippen LogP contribution in [0, 0.1) is 6.92 Å². The van der Waals surface area contributed by atoms with Gasteiger partial charge < -0.3 is 19.7 Å².